The first-order chi connectivity index (χ1) is 7.00. The maximum Gasteiger partial charge on any atom is 0.417 e. The zero-order valence-corrected chi connectivity index (χ0v) is 8.10. The van der Waals surface area contributed by atoms with E-state index < -0.39 is 11.7 Å². The molecule has 0 radical (unpaired) electrons. The molecule has 0 bridgehead atoms. The van der Waals surface area contributed by atoms with Gasteiger partial charge in [-0.1, -0.05) is 17.7 Å². The third-order valence-corrected chi connectivity index (χ3v) is 2.47. The number of hydrogen-bond donors (Lipinski definition) is 0. The molecular weight excluding hydrogens is 227 g/mol. The molecule has 0 aliphatic carbocycles. The summed E-state index contributed by atoms with van der Waals surface area (Å²) in [6.07, 6.45) is -1.60. The van der Waals surface area contributed by atoms with Crippen molar-refractivity contribution in [1.82, 2.24) is 4.98 Å². The van der Waals surface area contributed by atoms with Gasteiger partial charge in [0, 0.05) is 17.8 Å². The Kier molecular flexibility index (Phi) is 2.31. The van der Waals surface area contributed by atoms with Crippen molar-refractivity contribution in [2.75, 3.05) is 0 Å². The minimum absolute atomic E-state index is 0.298. The number of pyridine rings is 1. The van der Waals surface area contributed by atoms with Crippen LogP contribution in [-0.2, 0) is 6.18 Å². The topological polar surface area (TPSA) is 12.9 Å². The Hall–Kier alpha value is -1.29. The van der Waals surface area contributed by atoms with E-state index in [1.807, 2.05) is 0 Å². The van der Waals surface area contributed by atoms with Gasteiger partial charge in [0.05, 0.1) is 10.6 Å². The number of halogens is 4. The van der Waals surface area contributed by atoms with Gasteiger partial charge in [0.25, 0.3) is 0 Å². The lowest BCUT2D eigenvalue weighted by atomic mass is 10.1. The maximum absolute atomic E-state index is 12.5. The van der Waals surface area contributed by atoms with Crippen LogP contribution in [0.3, 0.4) is 0 Å². The second-order valence-electron chi connectivity index (χ2n) is 3.02. The Morgan fingerprint density at radius 1 is 1.13 bits per heavy atom. The lowest BCUT2D eigenvalue weighted by molar-refractivity contribution is -0.137. The molecule has 1 heterocycles. The summed E-state index contributed by atoms with van der Waals surface area (Å²) >= 11 is 5.67. The molecule has 2 rings (SSSR count). The molecule has 0 N–H and O–H groups in total. The molecule has 0 amide bonds. The van der Waals surface area contributed by atoms with E-state index in [1.54, 1.807) is 6.07 Å². The minimum atomic E-state index is -4.43. The fourth-order valence-electron chi connectivity index (χ4n) is 1.34. The molecule has 0 saturated heterocycles. The van der Waals surface area contributed by atoms with E-state index in [4.69, 9.17) is 11.6 Å². The largest absolute Gasteiger partial charge is 0.417 e. The Labute approximate surface area is 88.5 Å². The van der Waals surface area contributed by atoms with Crippen LogP contribution >= 0.6 is 11.6 Å². The van der Waals surface area contributed by atoms with Crippen molar-refractivity contribution >= 4 is 22.4 Å². The normalized spacial score (nSPS) is 12.0. The number of nitrogens with zero attached hydrogens (tertiary/aromatic N) is 1. The second kappa shape index (κ2) is 3.38. The highest BCUT2D eigenvalue weighted by atomic mass is 35.5. The molecule has 0 unspecified atom stereocenters. The van der Waals surface area contributed by atoms with E-state index in [0.717, 1.165) is 6.07 Å². The fraction of sp³-hybridized carbons (Fsp3) is 0.100. The zero-order chi connectivity index (χ0) is 11.1. The SMILES string of the molecule is FC(F)(F)c1ccc2ccncc2c1Cl. The third-order valence-electron chi connectivity index (χ3n) is 2.06. The summed E-state index contributed by atoms with van der Waals surface area (Å²) in [4.78, 5) is 3.75. The van der Waals surface area contributed by atoms with Crippen LogP contribution in [-0.4, -0.2) is 4.98 Å². The third kappa shape index (κ3) is 1.77. The summed E-state index contributed by atoms with van der Waals surface area (Å²) in [6, 6.07) is 3.97. The highest BCUT2D eigenvalue weighted by Crippen LogP contribution is 2.37. The van der Waals surface area contributed by atoms with Crippen molar-refractivity contribution in [1.29, 1.82) is 0 Å². The Morgan fingerprint density at radius 3 is 2.53 bits per heavy atom. The molecule has 0 aliphatic heterocycles. The quantitative estimate of drug-likeness (QED) is 0.670. The average Bonchev–Trinajstić information content (AvgIpc) is 2.16. The summed E-state index contributed by atoms with van der Waals surface area (Å²) < 4.78 is 37.4. The number of aromatic nitrogens is 1. The van der Waals surface area contributed by atoms with E-state index in [9.17, 15) is 13.2 Å². The molecule has 5 heteroatoms. The fourth-order valence-corrected chi connectivity index (χ4v) is 1.67. The Balaban J connectivity index is 2.76. The van der Waals surface area contributed by atoms with Crippen molar-refractivity contribution in [3.63, 3.8) is 0 Å². The van der Waals surface area contributed by atoms with Crippen molar-refractivity contribution in [2.45, 2.75) is 6.18 Å². The molecule has 15 heavy (non-hydrogen) atoms. The van der Waals surface area contributed by atoms with Gasteiger partial charge in [-0.25, -0.2) is 0 Å². The van der Waals surface area contributed by atoms with Crippen molar-refractivity contribution in [2.24, 2.45) is 0 Å². The molecule has 0 saturated carbocycles. The van der Waals surface area contributed by atoms with Gasteiger partial charge in [-0.15, -0.1) is 0 Å². The predicted octanol–water partition coefficient (Wildman–Crippen LogP) is 3.91. The number of fused-ring (bicyclic) bond motifs is 1. The van der Waals surface area contributed by atoms with Crippen molar-refractivity contribution in [3.05, 3.63) is 41.2 Å². The van der Waals surface area contributed by atoms with Crippen molar-refractivity contribution < 1.29 is 13.2 Å². The molecule has 2 aromatic rings. The van der Waals surface area contributed by atoms with Crippen LogP contribution < -0.4 is 0 Å². The van der Waals surface area contributed by atoms with E-state index in [-0.39, 0.29) is 5.02 Å². The highest BCUT2D eigenvalue weighted by Gasteiger charge is 2.33. The zero-order valence-electron chi connectivity index (χ0n) is 7.35. The standard InChI is InChI=1S/C10H5ClF3N/c11-9-7-5-15-4-3-6(7)1-2-8(9)10(12,13)14/h1-5H. The summed E-state index contributed by atoms with van der Waals surface area (Å²) in [6.45, 7) is 0. The van der Waals surface area contributed by atoms with E-state index in [1.165, 1.54) is 18.5 Å². The molecule has 1 aromatic carbocycles. The van der Waals surface area contributed by atoms with Crippen LogP contribution in [0.5, 0.6) is 0 Å². The van der Waals surface area contributed by atoms with Gasteiger partial charge in [0.2, 0.25) is 0 Å². The first-order valence-corrected chi connectivity index (χ1v) is 4.47. The smallest absolute Gasteiger partial charge is 0.264 e. The van der Waals surface area contributed by atoms with E-state index in [0.29, 0.717) is 10.8 Å². The molecule has 78 valence electrons. The van der Waals surface area contributed by atoms with Crippen LogP contribution in [0, 0.1) is 0 Å². The Bertz CT molecular complexity index is 507. The van der Waals surface area contributed by atoms with Crippen LogP contribution in [0.2, 0.25) is 5.02 Å². The summed E-state index contributed by atoms with van der Waals surface area (Å²) in [5, 5.41) is 0.657. The lowest BCUT2D eigenvalue weighted by Crippen LogP contribution is -2.05. The van der Waals surface area contributed by atoms with E-state index >= 15 is 0 Å². The van der Waals surface area contributed by atoms with Gasteiger partial charge in [-0.05, 0) is 17.5 Å². The van der Waals surface area contributed by atoms with Crippen molar-refractivity contribution in [3.8, 4) is 0 Å². The van der Waals surface area contributed by atoms with Crippen LogP contribution in [0.25, 0.3) is 10.8 Å². The molecule has 0 aliphatic rings. The second-order valence-corrected chi connectivity index (χ2v) is 3.40. The maximum atomic E-state index is 12.5. The van der Waals surface area contributed by atoms with Gasteiger partial charge in [-0.2, -0.15) is 13.2 Å². The van der Waals surface area contributed by atoms with Gasteiger partial charge in [0.1, 0.15) is 0 Å². The van der Waals surface area contributed by atoms with Crippen LogP contribution in [0.1, 0.15) is 5.56 Å². The molecule has 1 aromatic heterocycles. The monoisotopic (exact) mass is 231 g/mol. The van der Waals surface area contributed by atoms with Crippen LogP contribution in [0.15, 0.2) is 30.6 Å². The minimum Gasteiger partial charge on any atom is -0.264 e. The summed E-state index contributed by atoms with van der Waals surface area (Å²) in [5.74, 6) is 0. The first kappa shape index (κ1) is 10.2. The highest BCUT2D eigenvalue weighted by molar-refractivity contribution is 6.36. The summed E-state index contributed by atoms with van der Waals surface area (Å²) in [5.41, 5.74) is -0.829. The number of benzene rings is 1. The van der Waals surface area contributed by atoms with Gasteiger partial charge < -0.3 is 0 Å². The van der Waals surface area contributed by atoms with Gasteiger partial charge in [-0.3, -0.25) is 4.98 Å². The van der Waals surface area contributed by atoms with Gasteiger partial charge in [0.15, 0.2) is 0 Å². The van der Waals surface area contributed by atoms with E-state index in [2.05, 4.69) is 4.98 Å². The molecular formula is C10H5ClF3N. The number of alkyl halides is 3. The van der Waals surface area contributed by atoms with Gasteiger partial charge >= 0.3 is 6.18 Å². The van der Waals surface area contributed by atoms with Crippen LogP contribution in [0.4, 0.5) is 13.2 Å². The molecule has 0 fully saturated rings. The number of rotatable bonds is 0. The Morgan fingerprint density at radius 2 is 1.87 bits per heavy atom. The predicted molar refractivity (Wildman–Crippen MR) is 51.8 cm³/mol. The number of hydrogen-bond acceptors (Lipinski definition) is 1. The molecule has 1 nitrogen and oxygen atoms in total. The first-order valence-electron chi connectivity index (χ1n) is 4.09. The lowest BCUT2D eigenvalue weighted by Gasteiger charge is -2.10. The molecule has 0 atom stereocenters. The summed E-state index contributed by atoms with van der Waals surface area (Å²) in [7, 11) is 0. The molecule has 0 spiro atoms. The average molecular weight is 232 g/mol.